The largest absolute Gasteiger partial charge is 0.477 e. The quantitative estimate of drug-likeness (QED) is 0.0211. The maximum atomic E-state index is 13.0. The SMILES string of the molecule is CC/C=C\C/C=C\C/C=C\C/C=C\C/C=C\C/C=C\CCCCCCCCCCCCCCC(=O)OC(COC(=O)CCCCCCCCCCCCCCCCCCCCCCCCCCCCCC/C=C\C/C=C\C/C=C\C/C=C\CC)COC(OCC[N+](C)(C)C)C(=O)O. The molecule has 0 aromatic carbocycles. The third-order valence-electron chi connectivity index (χ3n) is 17.7. The zero-order valence-corrected chi connectivity index (χ0v) is 64.0. The lowest BCUT2D eigenvalue weighted by molar-refractivity contribution is -0.870. The number of carboxylic acid groups (broad SMARTS) is 1. The van der Waals surface area contributed by atoms with E-state index in [1.165, 1.54) is 225 Å². The second-order valence-corrected chi connectivity index (χ2v) is 28.3. The molecule has 0 fully saturated rings. The first-order chi connectivity index (χ1) is 47.6. The molecule has 0 radical (unpaired) electrons. The number of ether oxygens (including phenoxy) is 4. The summed E-state index contributed by atoms with van der Waals surface area (Å²) in [4.78, 5) is 37.8. The van der Waals surface area contributed by atoms with Crippen molar-refractivity contribution in [1.29, 1.82) is 0 Å². The van der Waals surface area contributed by atoms with Gasteiger partial charge in [0, 0.05) is 12.8 Å². The molecule has 0 saturated carbocycles. The number of hydrogen-bond donors (Lipinski definition) is 1. The van der Waals surface area contributed by atoms with E-state index in [1.54, 1.807) is 0 Å². The monoisotopic (exact) mass is 1350 g/mol. The third-order valence-corrected chi connectivity index (χ3v) is 17.7. The van der Waals surface area contributed by atoms with Crippen molar-refractivity contribution < 1.29 is 42.9 Å². The molecule has 2 atom stereocenters. The van der Waals surface area contributed by atoms with Gasteiger partial charge in [0.15, 0.2) is 6.10 Å². The van der Waals surface area contributed by atoms with Crippen LogP contribution in [0.1, 0.15) is 361 Å². The third kappa shape index (κ3) is 78.9. The Morgan fingerprint density at radius 1 is 0.309 bits per heavy atom. The van der Waals surface area contributed by atoms with Crippen molar-refractivity contribution in [3.8, 4) is 0 Å². The van der Waals surface area contributed by atoms with Gasteiger partial charge in [0.2, 0.25) is 0 Å². The Kier molecular flexibility index (Phi) is 74.0. The van der Waals surface area contributed by atoms with E-state index >= 15 is 0 Å². The average Bonchev–Trinajstić information content (AvgIpc) is 2.39. The minimum Gasteiger partial charge on any atom is -0.477 e. The summed E-state index contributed by atoms with van der Waals surface area (Å²) in [6.45, 7) is 4.69. The Bertz CT molecular complexity index is 2020. The summed E-state index contributed by atoms with van der Waals surface area (Å²) < 4.78 is 23.1. The van der Waals surface area contributed by atoms with E-state index in [1.807, 2.05) is 21.1 Å². The van der Waals surface area contributed by atoms with Crippen LogP contribution < -0.4 is 0 Å². The molecule has 2 unspecified atom stereocenters. The fourth-order valence-corrected chi connectivity index (χ4v) is 11.6. The number of rotatable bonds is 75. The van der Waals surface area contributed by atoms with Crippen molar-refractivity contribution in [1.82, 2.24) is 0 Å². The molecular weight excluding hydrogens is 1200 g/mol. The second-order valence-electron chi connectivity index (χ2n) is 28.3. The highest BCUT2D eigenvalue weighted by Crippen LogP contribution is 2.19. The summed E-state index contributed by atoms with van der Waals surface area (Å²) in [5.41, 5.74) is 0. The number of nitrogens with zero attached hydrogens (tertiary/aromatic N) is 1. The second kappa shape index (κ2) is 77.4. The van der Waals surface area contributed by atoms with Crippen molar-refractivity contribution in [2.75, 3.05) is 47.5 Å². The van der Waals surface area contributed by atoms with Crippen LogP contribution in [-0.4, -0.2) is 87.4 Å². The fourth-order valence-electron chi connectivity index (χ4n) is 11.6. The van der Waals surface area contributed by atoms with Gasteiger partial charge in [-0.05, 0) is 103 Å². The summed E-state index contributed by atoms with van der Waals surface area (Å²) in [5, 5.41) is 9.78. The highest BCUT2D eigenvalue weighted by molar-refractivity contribution is 5.71. The molecule has 558 valence electrons. The molecule has 0 spiro atoms. The van der Waals surface area contributed by atoms with Crippen molar-refractivity contribution in [2.24, 2.45) is 0 Å². The van der Waals surface area contributed by atoms with Gasteiger partial charge in [-0.25, -0.2) is 4.79 Å². The molecule has 9 nitrogen and oxygen atoms in total. The van der Waals surface area contributed by atoms with E-state index in [0.717, 1.165) is 103 Å². The predicted molar refractivity (Wildman–Crippen MR) is 419 cm³/mol. The van der Waals surface area contributed by atoms with Crippen LogP contribution in [0.3, 0.4) is 0 Å². The first kappa shape index (κ1) is 92.7. The molecule has 9 heteroatoms. The maximum absolute atomic E-state index is 13.0. The number of hydrogen-bond acceptors (Lipinski definition) is 7. The van der Waals surface area contributed by atoms with E-state index in [9.17, 15) is 19.5 Å². The van der Waals surface area contributed by atoms with Crippen LogP contribution in [0.5, 0.6) is 0 Å². The molecule has 0 rings (SSSR count). The number of carboxylic acids is 1. The van der Waals surface area contributed by atoms with Gasteiger partial charge in [0.1, 0.15) is 13.2 Å². The Labute approximate surface area is 599 Å². The van der Waals surface area contributed by atoms with Crippen LogP contribution in [0.4, 0.5) is 0 Å². The van der Waals surface area contributed by atoms with Gasteiger partial charge < -0.3 is 28.5 Å². The summed E-state index contributed by atoms with van der Waals surface area (Å²) >= 11 is 0. The molecule has 0 bridgehead atoms. The number of allylic oxidation sites excluding steroid dienone is 20. The number of esters is 2. The van der Waals surface area contributed by atoms with Gasteiger partial charge in [-0.15, -0.1) is 0 Å². The van der Waals surface area contributed by atoms with Crippen molar-refractivity contribution in [2.45, 2.75) is 373 Å². The zero-order valence-electron chi connectivity index (χ0n) is 64.0. The van der Waals surface area contributed by atoms with Crippen LogP contribution in [0, 0.1) is 0 Å². The molecule has 1 N–H and O–H groups in total. The van der Waals surface area contributed by atoms with E-state index in [-0.39, 0.29) is 32.2 Å². The van der Waals surface area contributed by atoms with Gasteiger partial charge in [-0.3, -0.25) is 9.59 Å². The fraction of sp³-hybridized carbons (Fsp3) is 0.739. The number of unbranched alkanes of at least 4 members (excludes halogenated alkanes) is 40. The summed E-state index contributed by atoms with van der Waals surface area (Å²) in [6, 6.07) is 0. The number of likely N-dealkylation sites (N-methyl/N-ethyl adjacent to an activating group) is 1. The average molecular weight is 1350 g/mol. The van der Waals surface area contributed by atoms with Gasteiger partial charge in [-0.2, -0.15) is 0 Å². The summed E-state index contributed by atoms with van der Waals surface area (Å²) in [5.74, 6) is -1.99. The lowest BCUT2D eigenvalue weighted by atomic mass is 10.0. The van der Waals surface area contributed by atoms with E-state index < -0.39 is 24.3 Å². The Balaban J connectivity index is 3.97. The summed E-state index contributed by atoms with van der Waals surface area (Å²) in [6.07, 6.45) is 108. The maximum Gasteiger partial charge on any atom is 0.361 e. The molecular formula is C88H154NO8+. The first-order valence-corrected chi connectivity index (χ1v) is 40.7. The van der Waals surface area contributed by atoms with E-state index in [0.29, 0.717) is 23.9 Å². The van der Waals surface area contributed by atoms with Gasteiger partial charge in [0.25, 0.3) is 6.29 Å². The zero-order chi connectivity index (χ0) is 70.4. The van der Waals surface area contributed by atoms with Crippen LogP contribution >= 0.6 is 0 Å². The normalized spacial score (nSPS) is 13.3. The lowest BCUT2D eigenvalue weighted by Gasteiger charge is -2.25. The van der Waals surface area contributed by atoms with Crippen LogP contribution in [-0.2, 0) is 33.3 Å². The van der Waals surface area contributed by atoms with Crippen LogP contribution in [0.15, 0.2) is 122 Å². The van der Waals surface area contributed by atoms with Gasteiger partial charge in [0.05, 0.1) is 34.4 Å². The molecule has 0 aliphatic carbocycles. The Morgan fingerprint density at radius 2 is 0.557 bits per heavy atom. The molecule has 0 aliphatic heterocycles. The lowest BCUT2D eigenvalue weighted by Crippen LogP contribution is -2.40. The Morgan fingerprint density at radius 3 is 0.825 bits per heavy atom. The van der Waals surface area contributed by atoms with E-state index in [2.05, 4.69) is 135 Å². The van der Waals surface area contributed by atoms with E-state index in [4.69, 9.17) is 18.9 Å². The molecule has 0 heterocycles. The standard InChI is InChI=1S/C88H153NO8/c1-6-8-10-12-14-16-18-20-22-24-26-28-30-32-34-36-38-39-40-41-42-43-44-45-46-47-49-50-52-54-56-58-60-62-64-66-68-70-72-74-76-78-85(90)95-82-84(83-96-88(87(92)93)94-81-80-89(3,4)5)97-86(91)79-77-75-73-71-69-67-65-63-61-59-57-55-53-51-48-37-35-33-31-29-27-25-23-21-19-17-15-13-11-9-7-2/h8-11,14-17,20-23,26-29,33,35,48,51,84,88H,6-7,12-13,18-19,24-25,30-32,34,36-47,49-50,52-83H2,1-5H3/p+1/b10-8-,11-9-,16-14-,17-15-,22-20-,23-21-,28-26-,29-27-,35-33-,51-48-. The smallest absolute Gasteiger partial charge is 0.361 e. The molecule has 0 amide bonds. The topological polar surface area (TPSA) is 108 Å². The first-order valence-electron chi connectivity index (χ1n) is 40.7. The van der Waals surface area contributed by atoms with Gasteiger partial charge >= 0.3 is 17.9 Å². The highest BCUT2D eigenvalue weighted by atomic mass is 16.7. The number of aliphatic carboxylic acids is 1. The van der Waals surface area contributed by atoms with Crippen molar-refractivity contribution in [3.05, 3.63) is 122 Å². The number of carbonyl (C=O) groups is 3. The van der Waals surface area contributed by atoms with Crippen LogP contribution in [0.25, 0.3) is 0 Å². The molecule has 0 saturated heterocycles. The summed E-state index contributed by atoms with van der Waals surface area (Å²) in [7, 11) is 5.99. The van der Waals surface area contributed by atoms with Gasteiger partial charge in [-0.1, -0.05) is 367 Å². The molecule has 0 aliphatic rings. The van der Waals surface area contributed by atoms with Crippen molar-refractivity contribution >= 4 is 17.9 Å². The van der Waals surface area contributed by atoms with Crippen LogP contribution in [0.2, 0.25) is 0 Å². The number of carbonyl (C=O) groups excluding carboxylic acids is 2. The predicted octanol–water partition coefficient (Wildman–Crippen LogP) is 26.3. The number of quaternary nitrogens is 1. The van der Waals surface area contributed by atoms with Crippen molar-refractivity contribution in [3.63, 3.8) is 0 Å². The molecule has 0 aromatic heterocycles. The minimum absolute atomic E-state index is 0.183. The molecule has 97 heavy (non-hydrogen) atoms. The molecule has 0 aromatic rings. The minimum atomic E-state index is -1.52. The highest BCUT2D eigenvalue weighted by Gasteiger charge is 2.25. The Hall–Kier alpha value is -4.31.